The Bertz CT molecular complexity index is 569. The van der Waals surface area contributed by atoms with Crippen molar-refractivity contribution in [3.8, 4) is 0 Å². The summed E-state index contributed by atoms with van der Waals surface area (Å²) in [6, 6.07) is 0. The standard InChI is InChI=1S/C14H22N4OS/c1-9-12(4)20-14(16-9)8-15-7-13-10(2)17-18(5-6-19)11(13)3/h15,19H,5-8H2,1-4H3. The SMILES string of the molecule is Cc1nc(CNCc2c(C)nn(CCO)c2C)sc1C. The van der Waals surface area contributed by atoms with Crippen molar-refractivity contribution in [2.24, 2.45) is 0 Å². The van der Waals surface area contributed by atoms with Gasteiger partial charge in [-0.05, 0) is 27.7 Å². The van der Waals surface area contributed by atoms with Crippen molar-refractivity contribution >= 4 is 11.3 Å². The average molecular weight is 294 g/mol. The molecule has 0 saturated heterocycles. The van der Waals surface area contributed by atoms with Crippen molar-refractivity contribution in [1.29, 1.82) is 0 Å². The molecule has 2 heterocycles. The zero-order valence-electron chi connectivity index (χ0n) is 12.5. The number of aromatic nitrogens is 3. The molecule has 0 radical (unpaired) electrons. The molecule has 0 saturated carbocycles. The number of aliphatic hydroxyl groups is 1. The quantitative estimate of drug-likeness (QED) is 0.853. The van der Waals surface area contributed by atoms with Crippen LogP contribution in [0.25, 0.3) is 0 Å². The summed E-state index contributed by atoms with van der Waals surface area (Å²) in [4.78, 5) is 5.81. The number of hydrogen-bond acceptors (Lipinski definition) is 5. The molecule has 2 aromatic rings. The Kier molecular flexibility index (Phi) is 4.91. The van der Waals surface area contributed by atoms with Crippen LogP contribution in [-0.4, -0.2) is 26.5 Å². The molecule has 110 valence electrons. The molecular weight excluding hydrogens is 272 g/mol. The van der Waals surface area contributed by atoms with Crippen molar-refractivity contribution in [1.82, 2.24) is 20.1 Å². The third-order valence-electron chi connectivity index (χ3n) is 3.49. The molecule has 5 nitrogen and oxygen atoms in total. The molecule has 0 amide bonds. The van der Waals surface area contributed by atoms with Gasteiger partial charge >= 0.3 is 0 Å². The van der Waals surface area contributed by atoms with Crippen LogP contribution in [0.15, 0.2) is 0 Å². The molecule has 2 rings (SSSR count). The van der Waals surface area contributed by atoms with Crippen molar-refractivity contribution in [3.63, 3.8) is 0 Å². The van der Waals surface area contributed by atoms with Gasteiger partial charge in [0.15, 0.2) is 0 Å². The van der Waals surface area contributed by atoms with Gasteiger partial charge in [-0.25, -0.2) is 4.98 Å². The predicted molar refractivity (Wildman–Crippen MR) is 80.9 cm³/mol. The van der Waals surface area contributed by atoms with Crippen molar-refractivity contribution in [2.45, 2.75) is 47.3 Å². The number of hydrogen-bond donors (Lipinski definition) is 2. The summed E-state index contributed by atoms with van der Waals surface area (Å²) in [5.41, 5.74) is 4.48. The largest absolute Gasteiger partial charge is 0.394 e. The average Bonchev–Trinajstić information content (AvgIpc) is 2.84. The van der Waals surface area contributed by atoms with Gasteiger partial charge in [-0.1, -0.05) is 0 Å². The van der Waals surface area contributed by atoms with Crippen LogP contribution in [0.5, 0.6) is 0 Å². The van der Waals surface area contributed by atoms with Crippen LogP contribution in [0.3, 0.4) is 0 Å². The monoisotopic (exact) mass is 294 g/mol. The number of aryl methyl sites for hydroxylation is 3. The normalized spacial score (nSPS) is 11.2. The van der Waals surface area contributed by atoms with E-state index < -0.39 is 0 Å². The molecule has 0 bridgehead atoms. The summed E-state index contributed by atoms with van der Waals surface area (Å²) in [5.74, 6) is 0. The first-order valence-electron chi connectivity index (χ1n) is 6.80. The van der Waals surface area contributed by atoms with Gasteiger partial charge in [0, 0.05) is 29.2 Å². The van der Waals surface area contributed by atoms with Gasteiger partial charge in [0.25, 0.3) is 0 Å². The fraction of sp³-hybridized carbons (Fsp3) is 0.571. The van der Waals surface area contributed by atoms with E-state index in [0.29, 0.717) is 6.54 Å². The van der Waals surface area contributed by atoms with Crippen LogP contribution in [0, 0.1) is 27.7 Å². The molecule has 0 spiro atoms. The molecule has 2 N–H and O–H groups in total. The first-order chi connectivity index (χ1) is 9.52. The maximum Gasteiger partial charge on any atom is 0.107 e. The Balaban J connectivity index is 1.97. The second-order valence-electron chi connectivity index (χ2n) is 4.95. The van der Waals surface area contributed by atoms with Crippen LogP contribution < -0.4 is 5.32 Å². The van der Waals surface area contributed by atoms with E-state index in [2.05, 4.69) is 22.3 Å². The number of aliphatic hydroxyl groups excluding tert-OH is 1. The zero-order valence-corrected chi connectivity index (χ0v) is 13.3. The predicted octanol–water partition coefficient (Wildman–Crippen LogP) is 1.86. The summed E-state index contributed by atoms with van der Waals surface area (Å²) in [6.07, 6.45) is 0. The molecule has 6 heteroatoms. The first kappa shape index (κ1) is 15.2. The molecule has 20 heavy (non-hydrogen) atoms. The fourth-order valence-electron chi connectivity index (χ4n) is 2.21. The highest BCUT2D eigenvalue weighted by atomic mass is 32.1. The molecule has 0 unspecified atom stereocenters. The lowest BCUT2D eigenvalue weighted by Crippen LogP contribution is -2.14. The zero-order chi connectivity index (χ0) is 14.7. The van der Waals surface area contributed by atoms with Crippen molar-refractivity contribution in [2.75, 3.05) is 6.61 Å². The van der Waals surface area contributed by atoms with Crippen LogP contribution in [0.1, 0.15) is 32.5 Å². The molecule has 0 aliphatic carbocycles. The number of nitrogens with one attached hydrogen (secondary N) is 1. The van der Waals surface area contributed by atoms with E-state index in [-0.39, 0.29) is 6.61 Å². The molecule has 0 atom stereocenters. The summed E-state index contributed by atoms with van der Waals surface area (Å²) < 4.78 is 1.87. The molecule has 0 aromatic carbocycles. The van der Waals surface area contributed by atoms with Crippen molar-refractivity contribution < 1.29 is 5.11 Å². The lowest BCUT2D eigenvalue weighted by atomic mass is 10.2. The van der Waals surface area contributed by atoms with Crippen LogP contribution >= 0.6 is 11.3 Å². The Morgan fingerprint density at radius 2 is 1.90 bits per heavy atom. The summed E-state index contributed by atoms with van der Waals surface area (Å²) in [5, 5.41) is 18.0. The van der Waals surface area contributed by atoms with E-state index in [1.54, 1.807) is 11.3 Å². The maximum absolute atomic E-state index is 9.01. The second kappa shape index (κ2) is 6.47. The lowest BCUT2D eigenvalue weighted by Gasteiger charge is -2.05. The van der Waals surface area contributed by atoms with Gasteiger partial charge in [-0.3, -0.25) is 4.68 Å². The molecule has 0 aliphatic heterocycles. The van der Waals surface area contributed by atoms with Crippen LogP contribution in [-0.2, 0) is 19.6 Å². The van der Waals surface area contributed by atoms with Gasteiger partial charge < -0.3 is 10.4 Å². The van der Waals surface area contributed by atoms with E-state index in [1.807, 2.05) is 25.5 Å². The summed E-state index contributed by atoms with van der Waals surface area (Å²) in [6.45, 7) is 10.4. The molecule has 0 aliphatic rings. The minimum absolute atomic E-state index is 0.118. The highest BCUT2D eigenvalue weighted by molar-refractivity contribution is 7.11. The Morgan fingerprint density at radius 1 is 1.15 bits per heavy atom. The number of nitrogens with zero attached hydrogens (tertiary/aromatic N) is 3. The van der Waals surface area contributed by atoms with E-state index in [4.69, 9.17) is 5.11 Å². The Hall–Kier alpha value is -1.24. The summed E-state index contributed by atoms with van der Waals surface area (Å²) >= 11 is 1.74. The van der Waals surface area contributed by atoms with Crippen molar-refractivity contribution in [3.05, 3.63) is 32.5 Å². The van der Waals surface area contributed by atoms with Crippen LogP contribution in [0.2, 0.25) is 0 Å². The molecule has 0 fully saturated rings. The lowest BCUT2D eigenvalue weighted by molar-refractivity contribution is 0.267. The Morgan fingerprint density at radius 3 is 2.50 bits per heavy atom. The van der Waals surface area contributed by atoms with Crippen LogP contribution in [0.4, 0.5) is 0 Å². The minimum atomic E-state index is 0.118. The van der Waals surface area contributed by atoms with Gasteiger partial charge in [0.05, 0.1) is 24.5 Å². The molecule has 2 aromatic heterocycles. The minimum Gasteiger partial charge on any atom is -0.394 e. The van der Waals surface area contributed by atoms with E-state index in [1.165, 1.54) is 10.4 Å². The highest BCUT2D eigenvalue weighted by Gasteiger charge is 2.11. The Labute approximate surface area is 123 Å². The third-order valence-corrected chi connectivity index (χ3v) is 4.57. The van der Waals surface area contributed by atoms with Gasteiger partial charge in [0.2, 0.25) is 0 Å². The van der Waals surface area contributed by atoms with E-state index >= 15 is 0 Å². The number of rotatable bonds is 6. The fourth-order valence-corrected chi connectivity index (χ4v) is 3.12. The first-order valence-corrected chi connectivity index (χ1v) is 7.62. The third kappa shape index (κ3) is 3.26. The topological polar surface area (TPSA) is 63.0 Å². The number of thiazole rings is 1. The maximum atomic E-state index is 9.01. The van der Waals surface area contributed by atoms with E-state index in [9.17, 15) is 0 Å². The van der Waals surface area contributed by atoms with Gasteiger partial charge in [-0.15, -0.1) is 11.3 Å². The highest BCUT2D eigenvalue weighted by Crippen LogP contribution is 2.17. The second-order valence-corrected chi connectivity index (χ2v) is 6.24. The summed E-state index contributed by atoms with van der Waals surface area (Å²) in [7, 11) is 0. The van der Waals surface area contributed by atoms with Gasteiger partial charge in [-0.2, -0.15) is 5.10 Å². The molecular formula is C14H22N4OS. The van der Waals surface area contributed by atoms with Gasteiger partial charge in [0.1, 0.15) is 5.01 Å². The smallest absolute Gasteiger partial charge is 0.107 e. The van der Waals surface area contributed by atoms with E-state index in [0.717, 1.165) is 35.2 Å².